The molecule has 4 aromatic rings. The zero-order chi connectivity index (χ0) is 31.9. The lowest BCUT2D eigenvalue weighted by Gasteiger charge is -2.23. The maximum Gasteiger partial charge on any atom is 0.301 e. The number of Topliss-reactive ketones (excluding diaryl/α,β-unsaturated/α-hetero) is 1. The third kappa shape index (κ3) is 7.32. The van der Waals surface area contributed by atoms with Gasteiger partial charge in [-0.25, -0.2) is 4.39 Å². The van der Waals surface area contributed by atoms with Gasteiger partial charge in [0.05, 0.1) is 24.8 Å². The van der Waals surface area contributed by atoms with Crippen molar-refractivity contribution in [3.63, 3.8) is 0 Å². The third-order valence-electron chi connectivity index (χ3n) is 7.06. The molecule has 1 N–H and O–H groups in total. The van der Waals surface area contributed by atoms with Crippen LogP contribution in [0.1, 0.15) is 55.8 Å². The average molecular weight is 668 g/mol. The number of amides is 1. The molecule has 1 saturated heterocycles. The number of aliphatic hydroxyl groups excluding tert-OH is 1. The molecule has 3 aromatic carbocycles. The zero-order valence-corrected chi connectivity index (χ0v) is 27.1. The molecule has 5 rings (SSSR count). The van der Waals surface area contributed by atoms with Crippen LogP contribution < -0.4 is 14.4 Å². The molecule has 12 heteroatoms. The van der Waals surface area contributed by atoms with E-state index < -0.39 is 17.7 Å². The predicted molar refractivity (Wildman–Crippen MR) is 175 cm³/mol. The largest absolute Gasteiger partial charge is 0.507 e. The molecular formula is C33H31ClFN3O5S2. The van der Waals surface area contributed by atoms with Crippen LogP contribution in [-0.4, -0.2) is 40.2 Å². The summed E-state index contributed by atoms with van der Waals surface area (Å²) in [7, 11) is 0. The van der Waals surface area contributed by atoms with Crippen molar-refractivity contribution in [3.05, 3.63) is 99.8 Å². The SMILES string of the molecule is CCCCCOc1ccc(C2/C(=C(\O)c3ccc(Cl)cc3)C(=O)C(=O)N2c2nnc(SCc3ccccc3F)s2)cc1OCC. The van der Waals surface area contributed by atoms with Gasteiger partial charge in [0.1, 0.15) is 11.6 Å². The van der Waals surface area contributed by atoms with Gasteiger partial charge < -0.3 is 14.6 Å². The number of carbonyl (C=O) groups is 2. The van der Waals surface area contributed by atoms with Crippen molar-refractivity contribution in [2.75, 3.05) is 18.1 Å². The van der Waals surface area contributed by atoms with Crippen molar-refractivity contribution in [2.45, 2.75) is 49.2 Å². The number of benzene rings is 3. The molecular weight excluding hydrogens is 637 g/mol. The molecule has 45 heavy (non-hydrogen) atoms. The summed E-state index contributed by atoms with van der Waals surface area (Å²) in [4.78, 5) is 28.5. The monoisotopic (exact) mass is 667 g/mol. The Morgan fingerprint density at radius 1 is 1.02 bits per heavy atom. The number of thioether (sulfide) groups is 1. The van der Waals surface area contributed by atoms with Crippen LogP contribution >= 0.6 is 34.7 Å². The predicted octanol–water partition coefficient (Wildman–Crippen LogP) is 8.22. The summed E-state index contributed by atoms with van der Waals surface area (Å²) in [6, 6.07) is 16.9. The third-order valence-corrected chi connectivity index (χ3v) is 9.42. The van der Waals surface area contributed by atoms with Crippen LogP contribution in [0.15, 0.2) is 76.6 Å². The van der Waals surface area contributed by atoms with E-state index in [1.165, 1.54) is 22.7 Å². The molecule has 0 saturated carbocycles. The van der Waals surface area contributed by atoms with Crippen LogP contribution in [0.2, 0.25) is 5.02 Å². The van der Waals surface area contributed by atoms with Gasteiger partial charge >= 0.3 is 5.91 Å². The number of ketones is 1. The average Bonchev–Trinajstić information content (AvgIpc) is 3.61. The van der Waals surface area contributed by atoms with Crippen molar-refractivity contribution in [2.24, 2.45) is 0 Å². The summed E-state index contributed by atoms with van der Waals surface area (Å²) in [5, 5.41) is 20.5. The van der Waals surface area contributed by atoms with Gasteiger partial charge in [-0.3, -0.25) is 14.5 Å². The van der Waals surface area contributed by atoms with E-state index in [0.717, 1.165) is 30.6 Å². The summed E-state index contributed by atoms with van der Waals surface area (Å²) >= 11 is 8.42. The number of carbonyl (C=O) groups excluding carboxylic acids is 2. The number of hydrogen-bond acceptors (Lipinski definition) is 9. The first kappa shape index (κ1) is 32.5. The minimum atomic E-state index is -1.05. The number of anilines is 1. The second-order valence-corrected chi connectivity index (χ2v) is 12.7. The number of nitrogens with zero attached hydrogens (tertiary/aromatic N) is 3. The van der Waals surface area contributed by atoms with E-state index in [2.05, 4.69) is 17.1 Å². The van der Waals surface area contributed by atoms with E-state index in [1.54, 1.807) is 60.7 Å². The molecule has 1 aliphatic heterocycles. The van der Waals surface area contributed by atoms with Crippen molar-refractivity contribution in [1.29, 1.82) is 0 Å². The topological polar surface area (TPSA) is 102 Å². The second-order valence-electron chi connectivity index (χ2n) is 10.1. The van der Waals surface area contributed by atoms with Crippen molar-refractivity contribution < 1.29 is 28.6 Å². The highest BCUT2D eigenvalue weighted by Gasteiger charge is 2.48. The van der Waals surface area contributed by atoms with E-state index in [9.17, 15) is 19.1 Å². The summed E-state index contributed by atoms with van der Waals surface area (Å²) in [5.74, 6) is -1.14. The Morgan fingerprint density at radius 3 is 2.53 bits per heavy atom. The van der Waals surface area contributed by atoms with E-state index in [4.69, 9.17) is 21.1 Å². The van der Waals surface area contributed by atoms with Crippen molar-refractivity contribution in [3.8, 4) is 11.5 Å². The number of aromatic nitrogens is 2. The minimum absolute atomic E-state index is 0.114. The molecule has 0 spiro atoms. The van der Waals surface area contributed by atoms with E-state index in [0.29, 0.717) is 56.5 Å². The number of halogens is 2. The number of aliphatic hydroxyl groups is 1. The van der Waals surface area contributed by atoms with Crippen LogP contribution in [0.5, 0.6) is 11.5 Å². The van der Waals surface area contributed by atoms with Gasteiger partial charge in [0.25, 0.3) is 5.78 Å². The number of hydrogen-bond donors (Lipinski definition) is 1. The summed E-state index contributed by atoms with van der Waals surface area (Å²) < 4.78 is 26.6. The quantitative estimate of drug-likeness (QED) is 0.0380. The van der Waals surface area contributed by atoms with Gasteiger partial charge in [-0.15, -0.1) is 10.2 Å². The Morgan fingerprint density at radius 2 is 1.80 bits per heavy atom. The maximum absolute atomic E-state index is 14.2. The fourth-order valence-corrected chi connectivity index (χ4v) is 6.82. The van der Waals surface area contributed by atoms with Gasteiger partial charge in [-0.05, 0) is 66.9 Å². The molecule has 1 aromatic heterocycles. The molecule has 1 unspecified atom stereocenters. The highest BCUT2D eigenvalue weighted by molar-refractivity contribution is 8.00. The Labute approximate surface area is 273 Å². The van der Waals surface area contributed by atoms with Crippen molar-refractivity contribution >= 4 is 57.3 Å². The zero-order valence-electron chi connectivity index (χ0n) is 24.7. The normalized spacial score (nSPS) is 15.9. The van der Waals surface area contributed by atoms with Crippen molar-refractivity contribution in [1.82, 2.24) is 10.2 Å². The Hall–Kier alpha value is -3.93. The first-order valence-corrected chi connectivity index (χ1v) is 16.7. The molecule has 0 bridgehead atoms. The first-order valence-electron chi connectivity index (χ1n) is 14.5. The van der Waals surface area contributed by atoms with Crippen LogP contribution in [0.3, 0.4) is 0 Å². The lowest BCUT2D eigenvalue weighted by Crippen LogP contribution is -2.29. The summed E-state index contributed by atoms with van der Waals surface area (Å²) in [6.07, 6.45) is 2.98. The van der Waals surface area contributed by atoms with Crippen LogP contribution in [-0.2, 0) is 15.3 Å². The van der Waals surface area contributed by atoms with Crippen LogP contribution in [0.4, 0.5) is 9.52 Å². The fraction of sp³-hybridized carbons (Fsp3) is 0.273. The van der Waals surface area contributed by atoms with Crippen LogP contribution in [0, 0.1) is 5.82 Å². The van der Waals surface area contributed by atoms with E-state index >= 15 is 0 Å². The van der Waals surface area contributed by atoms with Gasteiger partial charge in [0, 0.05) is 16.3 Å². The van der Waals surface area contributed by atoms with E-state index in [1.807, 2.05) is 6.92 Å². The standard InChI is InChI=1S/C33H31ClFN3O5S2/c1-3-5-8-17-43-25-16-13-21(18-26(25)42-4-2)28-27(29(39)20-11-14-23(34)15-12-20)30(40)31(41)38(28)32-36-37-33(45-32)44-19-22-9-6-7-10-24(22)35/h6-7,9-16,18,28,39H,3-5,8,17,19H2,1-2H3/b29-27+. The van der Waals surface area contributed by atoms with Gasteiger partial charge in [-0.2, -0.15) is 0 Å². The molecule has 1 fully saturated rings. The highest BCUT2D eigenvalue weighted by Crippen LogP contribution is 2.45. The second kappa shape index (κ2) is 14.9. The Bertz CT molecular complexity index is 1710. The maximum atomic E-state index is 14.2. The molecule has 1 amide bonds. The molecule has 1 aliphatic rings. The minimum Gasteiger partial charge on any atom is -0.507 e. The number of rotatable bonds is 13. The lowest BCUT2D eigenvalue weighted by molar-refractivity contribution is -0.132. The molecule has 234 valence electrons. The molecule has 0 aliphatic carbocycles. The van der Waals surface area contributed by atoms with E-state index in [-0.39, 0.29) is 22.3 Å². The fourth-order valence-electron chi connectivity index (χ4n) is 4.84. The molecule has 8 nitrogen and oxygen atoms in total. The number of unbranched alkanes of at least 4 members (excludes halogenated alkanes) is 2. The van der Waals surface area contributed by atoms with Gasteiger partial charge in [-0.1, -0.05) is 78.7 Å². The highest BCUT2D eigenvalue weighted by atomic mass is 35.5. The molecule has 0 radical (unpaired) electrons. The first-order chi connectivity index (χ1) is 21.8. The molecule has 2 heterocycles. The lowest BCUT2D eigenvalue weighted by atomic mass is 9.95. The molecule has 1 atom stereocenters. The summed E-state index contributed by atoms with van der Waals surface area (Å²) in [6.45, 7) is 4.84. The Balaban J connectivity index is 1.55. The Kier molecular flexibility index (Phi) is 10.7. The van der Waals surface area contributed by atoms with Crippen LogP contribution in [0.25, 0.3) is 5.76 Å². The smallest absolute Gasteiger partial charge is 0.301 e. The van der Waals surface area contributed by atoms with Gasteiger partial charge in [0.15, 0.2) is 15.8 Å². The summed E-state index contributed by atoms with van der Waals surface area (Å²) in [5.41, 5.74) is 1.21. The van der Waals surface area contributed by atoms with Gasteiger partial charge in [0.2, 0.25) is 5.13 Å². The number of ether oxygens (including phenoxy) is 2.